The van der Waals surface area contributed by atoms with Gasteiger partial charge in [-0.3, -0.25) is 5.43 Å². The Morgan fingerprint density at radius 3 is 2.75 bits per heavy atom. The van der Waals surface area contributed by atoms with Gasteiger partial charge >= 0.3 is 0 Å². The third kappa shape index (κ3) is 6.43. The van der Waals surface area contributed by atoms with E-state index in [1.54, 1.807) is 6.21 Å². The summed E-state index contributed by atoms with van der Waals surface area (Å²) in [6.07, 6.45) is 5.24. The van der Waals surface area contributed by atoms with E-state index in [-0.39, 0.29) is 0 Å². The Hall–Kier alpha value is -2.32. The van der Waals surface area contributed by atoms with Crippen molar-refractivity contribution in [2.45, 2.75) is 25.7 Å². The highest BCUT2D eigenvalue weighted by Crippen LogP contribution is 2.22. The second-order valence-electron chi connectivity index (χ2n) is 5.24. The molecule has 124 valence electrons. The average Bonchev–Trinajstić information content (AvgIpc) is 2.60. The number of para-hydroxylation sites is 1. The molecule has 0 aliphatic heterocycles. The van der Waals surface area contributed by atoms with Crippen molar-refractivity contribution in [3.8, 4) is 11.8 Å². The third-order valence-corrected chi connectivity index (χ3v) is 3.83. The zero-order valence-electron chi connectivity index (χ0n) is 13.4. The number of hydrogen-bond donors (Lipinski definition) is 1. The fourth-order valence-electron chi connectivity index (χ4n) is 2.11. The Labute approximate surface area is 151 Å². The number of ether oxygens (including phenoxy) is 1. The summed E-state index contributed by atoms with van der Waals surface area (Å²) in [6, 6.07) is 17.8. The molecule has 0 aliphatic rings. The van der Waals surface area contributed by atoms with Crippen molar-refractivity contribution in [2.24, 2.45) is 5.10 Å². The van der Waals surface area contributed by atoms with Gasteiger partial charge in [0.05, 0.1) is 24.6 Å². The minimum absolute atomic E-state index is 0.612. The van der Waals surface area contributed by atoms with Gasteiger partial charge in [-0.15, -0.1) is 0 Å². The lowest BCUT2D eigenvalue weighted by Gasteiger charge is -2.09. The molecule has 0 aliphatic carbocycles. The molecule has 0 atom stereocenters. The minimum atomic E-state index is 0.612. The Kier molecular flexibility index (Phi) is 7.85. The number of benzene rings is 2. The zero-order chi connectivity index (χ0) is 17.0. The summed E-state index contributed by atoms with van der Waals surface area (Å²) in [5.41, 5.74) is 4.84. The molecule has 0 heterocycles. The van der Waals surface area contributed by atoms with Crippen molar-refractivity contribution in [1.82, 2.24) is 0 Å². The van der Waals surface area contributed by atoms with Crippen LogP contribution in [-0.2, 0) is 0 Å². The predicted molar refractivity (Wildman–Crippen MR) is 101 cm³/mol. The molecule has 0 aromatic heterocycles. The van der Waals surface area contributed by atoms with Crippen molar-refractivity contribution < 1.29 is 4.74 Å². The van der Waals surface area contributed by atoms with Crippen LogP contribution in [-0.4, -0.2) is 12.8 Å². The second kappa shape index (κ2) is 10.5. The lowest BCUT2D eigenvalue weighted by atomic mass is 10.2. The van der Waals surface area contributed by atoms with Gasteiger partial charge < -0.3 is 4.74 Å². The molecular weight excluding hydrogens is 366 g/mol. The van der Waals surface area contributed by atoms with Crippen LogP contribution in [0.15, 0.2) is 58.1 Å². The van der Waals surface area contributed by atoms with E-state index in [0.29, 0.717) is 13.0 Å². The van der Waals surface area contributed by atoms with E-state index in [0.717, 1.165) is 40.7 Å². The lowest BCUT2D eigenvalue weighted by molar-refractivity contribution is 0.305. The van der Waals surface area contributed by atoms with Crippen molar-refractivity contribution in [3.63, 3.8) is 0 Å². The number of unbranched alkanes of at least 4 members (excludes halogenated alkanes) is 3. The van der Waals surface area contributed by atoms with Gasteiger partial charge in [0.2, 0.25) is 0 Å². The van der Waals surface area contributed by atoms with Gasteiger partial charge in [0.25, 0.3) is 0 Å². The molecule has 0 saturated heterocycles. The fourth-order valence-corrected chi connectivity index (χ4v) is 2.48. The number of nitrogens with one attached hydrogen (secondary N) is 1. The summed E-state index contributed by atoms with van der Waals surface area (Å²) >= 11 is 3.48. The quantitative estimate of drug-likeness (QED) is 0.359. The molecule has 0 amide bonds. The van der Waals surface area contributed by atoms with Crippen LogP contribution in [0.3, 0.4) is 0 Å². The van der Waals surface area contributed by atoms with Crippen LogP contribution < -0.4 is 10.2 Å². The molecule has 0 spiro atoms. The highest BCUT2D eigenvalue weighted by molar-refractivity contribution is 9.10. The van der Waals surface area contributed by atoms with Crippen LogP contribution in [0.4, 0.5) is 5.69 Å². The van der Waals surface area contributed by atoms with Crippen molar-refractivity contribution in [2.75, 3.05) is 12.0 Å². The number of nitrogens with zero attached hydrogens (tertiary/aromatic N) is 2. The Bertz CT molecular complexity index is 696. The lowest BCUT2D eigenvalue weighted by Crippen LogP contribution is -2.01. The fraction of sp³-hybridized carbons (Fsp3) is 0.263. The van der Waals surface area contributed by atoms with E-state index in [1.807, 2.05) is 48.5 Å². The first-order valence-electron chi connectivity index (χ1n) is 7.93. The van der Waals surface area contributed by atoms with Crippen LogP contribution >= 0.6 is 15.9 Å². The number of rotatable bonds is 9. The third-order valence-electron chi connectivity index (χ3n) is 3.33. The molecule has 24 heavy (non-hydrogen) atoms. The van der Waals surface area contributed by atoms with E-state index in [2.05, 4.69) is 32.5 Å². The monoisotopic (exact) mass is 385 g/mol. The van der Waals surface area contributed by atoms with E-state index in [4.69, 9.17) is 10.00 Å². The average molecular weight is 386 g/mol. The maximum atomic E-state index is 8.52. The number of halogens is 1. The topological polar surface area (TPSA) is 57.4 Å². The largest absolute Gasteiger partial charge is 0.493 e. The zero-order valence-corrected chi connectivity index (χ0v) is 15.0. The molecule has 0 bridgehead atoms. The highest BCUT2D eigenvalue weighted by atomic mass is 79.9. The molecule has 0 saturated carbocycles. The standard InChI is InChI=1S/C19H20BrN3O/c20-17-10-11-19(24-13-7-2-1-6-12-21)16(14-17)15-22-23-18-8-4-3-5-9-18/h3-5,8-11,14-15,23H,1-2,6-7,13H2. The summed E-state index contributed by atoms with van der Waals surface area (Å²) in [4.78, 5) is 0. The van der Waals surface area contributed by atoms with Crippen LogP contribution in [0.1, 0.15) is 31.2 Å². The Balaban J connectivity index is 1.91. The molecule has 2 aromatic carbocycles. The van der Waals surface area contributed by atoms with Crippen molar-refractivity contribution in [3.05, 3.63) is 58.6 Å². The number of nitriles is 1. The van der Waals surface area contributed by atoms with Crippen molar-refractivity contribution >= 4 is 27.8 Å². The summed E-state index contributed by atoms with van der Waals surface area (Å²) in [5.74, 6) is 0.803. The predicted octanol–water partition coefficient (Wildman–Crippen LogP) is 5.36. The summed E-state index contributed by atoms with van der Waals surface area (Å²) in [7, 11) is 0. The molecule has 2 rings (SSSR count). The molecule has 0 fully saturated rings. The molecule has 2 aromatic rings. The van der Waals surface area contributed by atoms with Crippen LogP contribution in [0.2, 0.25) is 0 Å². The van der Waals surface area contributed by atoms with E-state index >= 15 is 0 Å². The molecule has 0 radical (unpaired) electrons. The maximum absolute atomic E-state index is 8.52. The molecular formula is C19H20BrN3O. The smallest absolute Gasteiger partial charge is 0.128 e. The first-order valence-corrected chi connectivity index (χ1v) is 8.72. The van der Waals surface area contributed by atoms with Crippen LogP contribution in [0.25, 0.3) is 0 Å². The molecule has 1 N–H and O–H groups in total. The summed E-state index contributed by atoms with van der Waals surface area (Å²) < 4.78 is 6.83. The summed E-state index contributed by atoms with van der Waals surface area (Å²) in [5, 5.41) is 12.8. The molecule has 0 unspecified atom stereocenters. The van der Waals surface area contributed by atoms with E-state index in [1.165, 1.54) is 0 Å². The second-order valence-corrected chi connectivity index (χ2v) is 6.15. The first-order chi connectivity index (χ1) is 11.8. The molecule has 4 nitrogen and oxygen atoms in total. The van der Waals surface area contributed by atoms with E-state index in [9.17, 15) is 0 Å². The Morgan fingerprint density at radius 2 is 1.96 bits per heavy atom. The van der Waals surface area contributed by atoms with Crippen LogP contribution in [0.5, 0.6) is 5.75 Å². The highest BCUT2D eigenvalue weighted by Gasteiger charge is 2.03. The summed E-state index contributed by atoms with van der Waals surface area (Å²) in [6.45, 7) is 0.639. The minimum Gasteiger partial charge on any atom is -0.493 e. The number of hydrazone groups is 1. The first kappa shape index (κ1) is 18.0. The van der Waals surface area contributed by atoms with Gasteiger partial charge in [0.1, 0.15) is 5.75 Å². The van der Waals surface area contributed by atoms with Crippen LogP contribution in [0, 0.1) is 11.3 Å². The maximum Gasteiger partial charge on any atom is 0.128 e. The van der Waals surface area contributed by atoms with Gasteiger partial charge in [-0.25, -0.2) is 0 Å². The van der Waals surface area contributed by atoms with Gasteiger partial charge in [-0.05, 0) is 49.6 Å². The van der Waals surface area contributed by atoms with Gasteiger partial charge in [0.15, 0.2) is 0 Å². The van der Waals surface area contributed by atoms with Gasteiger partial charge in [-0.2, -0.15) is 10.4 Å². The Morgan fingerprint density at radius 1 is 1.12 bits per heavy atom. The number of anilines is 1. The SMILES string of the molecule is N#CCCCCCOc1ccc(Br)cc1C=NNc1ccccc1. The van der Waals surface area contributed by atoms with E-state index < -0.39 is 0 Å². The van der Waals surface area contributed by atoms with Crippen molar-refractivity contribution in [1.29, 1.82) is 5.26 Å². The number of hydrogen-bond acceptors (Lipinski definition) is 4. The molecule has 5 heteroatoms. The van der Waals surface area contributed by atoms with Gasteiger partial charge in [-0.1, -0.05) is 34.1 Å². The normalized spacial score (nSPS) is 10.5. The van der Waals surface area contributed by atoms with Gasteiger partial charge in [0, 0.05) is 16.5 Å².